The van der Waals surface area contributed by atoms with Crippen molar-refractivity contribution in [1.82, 2.24) is 4.90 Å². The number of carbonyl (C=O) groups is 1. The van der Waals surface area contributed by atoms with Crippen LogP contribution in [-0.2, 0) is 0 Å². The van der Waals surface area contributed by atoms with Crippen molar-refractivity contribution in [2.45, 2.75) is 26.2 Å². The van der Waals surface area contributed by atoms with Crippen molar-refractivity contribution in [2.24, 2.45) is 0 Å². The van der Waals surface area contributed by atoms with Gasteiger partial charge in [0.2, 0.25) is 0 Å². The average Bonchev–Trinajstić information content (AvgIpc) is 2.90. The Morgan fingerprint density at radius 1 is 1.39 bits per heavy atom. The summed E-state index contributed by atoms with van der Waals surface area (Å²) in [5.74, 6) is 0.0957. The lowest BCUT2D eigenvalue weighted by atomic mass is 10.1. The topological polar surface area (TPSA) is 58.4 Å². The van der Waals surface area contributed by atoms with E-state index >= 15 is 0 Å². The Morgan fingerprint density at radius 2 is 2.11 bits per heavy atom. The van der Waals surface area contributed by atoms with Gasteiger partial charge in [-0.1, -0.05) is 6.92 Å². The zero-order valence-electron chi connectivity index (χ0n) is 10.9. The molecule has 1 amide bonds. The summed E-state index contributed by atoms with van der Waals surface area (Å²) < 4.78 is 0. The molecule has 0 unspecified atom stereocenters. The molecule has 0 atom stereocenters. The molecule has 1 fully saturated rings. The largest absolute Gasteiger partial charge is 0.399 e. The standard InChI is InChI=1S/C14H21N3O/c1-2-7-16-13-6-5-11(15)10-12(13)14(18)17-8-3-4-9-17/h5-6,10,16H,2-4,7-9,15H2,1H3. The van der Waals surface area contributed by atoms with Crippen LogP contribution in [0.3, 0.4) is 0 Å². The minimum absolute atomic E-state index is 0.0957. The molecule has 4 heteroatoms. The van der Waals surface area contributed by atoms with Crippen molar-refractivity contribution in [1.29, 1.82) is 0 Å². The first-order valence-corrected chi connectivity index (χ1v) is 6.65. The van der Waals surface area contributed by atoms with Gasteiger partial charge < -0.3 is 16.0 Å². The molecule has 2 rings (SSSR count). The number of benzene rings is 1. The molecule has 1 aromatic rings. The van der Waals surface area contributed by atoms with Crippen molar-refractivity contribution in [2.75, 3.05) is 30.7 Å². The summed E-state index contributed by atoms with van der Waals surface area (Å²) >= 11 is 0. The highest BCUT2D eigenvalue weighted by atomic mass is 16.2. The molecule has 0 spiro atoms. The maximum absolute atomic E-state index is 12.4. The average molecular weight is 247 g/mol. The number of nitrogens with zero attached hydrogens (tertiary/aromatic N) is 1. The van der Waals surface area contributed by atoms with Gasteiger partial charge in [0.05, 0.1) is 5.56 Å². The molecule has 1 aromatic carbocycles. The first kappa shape index (κ1) is 12.7. The molecule has 0 aliphatic carbocycles. The Morgan fingerprint density at radius 3 is 2.78 bits per heavy atom. The number of nitrogen functional groups attached to an aromatic ring is 1. The van der Waals surface area contributed by atoms with Crippen molar-refractivity contribution in [3.63, 3.8) is 0 Å². The fourth-order valence-corrected chi connectivity index (χ4v) is 2.24. The van der Waals surface area contributed by atoms with Gasteiger partial charge in [0.15, 0.2) is 0 Å². The molecule has 1 aliphatic rings. The summed E-state index contributed by atoms with van der Waals surface area (Å²) in [6.45, 7) is 4.69. The van der Waals surface area contributed by atoms with Gasteiger partial charge in [0.1, 0.15) is 0 Å². The van der Waals surface area contributed by atoms with Gasteiger partial charge in [-0.05, 0) is 37.5 Å². The number of nitrogens with one attached hydrogen (secondary N) is 1. The van der Waals surface area contributed by atoms with Gasteiger partial charge in [-0.3, -0.25) is 4.79 Å². The normalized spacial score (nSPS) is 14.8. The number of anilines is 2. The van der Waals surface area contributed by atoms with Crippen LogP contribution in [0.5, 0.6) is 0 Å². The van der Waals surface area contributed by atoms with E-state index in [0.717, 1.165) is 44.6 Å². The van der Waals surface area contributed by atoms with Crippen LogP contribution in [0.15, 0.2) is 18.2 Å². The third-order valence-electron chi connectivity index (χ3n) is 3.23. The van der Waals surface area contributed by atoms with E-state index in [2.05, 4.69) is 12.2 Å². The van der Waals surface area contributed by atoms with E-state index in [4.69, 9.17) is 5.73 Å². The number of hydrogen-bond donors (Lipinski definition) is 2. The predicted octanol–water partition coefficient (Wildman–Crippen LogP) is 2.33. The Hall–Kier alpha value is -1.71. The van der Waals surface area contributed by atoms with Crippen molar-refractivity contribution < 1.29 is 4.79 Å². The highest BCUT2D eigenvalue weighted by Gasteiger charge is 2.21. The molecule has 3 N–H and O–H groups in total. The molecular formula is C14H21N3O. The maximum atomic E-state index is 12.4. The fraction of sp³-hybridized carbons (Fsp3) is 0.500. The molecule has 0 saturated carbocycles. The minimum atomic E-state index is 0.0957. The Bertz CT molecular complexity index is 425. The van der Waals surface area contributed by atoms with E-state index < -0.39 is 0 Å². The van der Waals surface area contributed by atoms with E-state index in [9.17, 15) is 4.79 Å². The van der Waals surface area contributed by atoms with E-state index in [1.54, 1.807) is 6.07 Å². The molecule has 0 aromatic heterocycles. The Balaban J connectivity index is 2.22. The van der Waals surface area contributed by atoms with Crippen molar-refractivity contribution >= 4 is 17.3 Å². The summed E-state index contributed by atoms with van der Waals surface area (Å²) in [4.78, 5) is 14.3. The molecule has 0 bridgehead atoms. The maximum Gasteiger partial charge on any atom is 0.256 e. The molecule has 18 heavy (non-hydrogen) atoms. The summed E-state index contributed by atoms with van der Waals surface area (Å²) in [5, 5.41) is 3.29. The highest BCUT2D eigenvalue weighted by molar-refractivity contribution is 6.00. The van der Waals surface area contributed by atoms with Crippen LogP contribution in [0, 0.1) is 0 Å². The number of likely N-dealkylation sites (tertiary alicyclic amines) is 1. The lowest BCUT2D eigenvalue weighted by Crippen LogP contribution is -2.28. The molecule has 1 heterocycles. The van der Waals surface area contributed by atoms with Crippen LogP contribution in [0.25, 0.3) is 0 Å². The lowest BCUT2D eigenvalue weighted by Gasteiger charge is -2.18. The molecule has 1 saturated heterocycles. The quantitative estimate of drug-likeness (QED) is 0.803. The van der Waals surface area contributed by atoms with E-state index in [1.165, 1.54) is 0 Å². The smallest absolute Gasteiger partial charge is 0.256 e. The molecule has 0 radical (unpaired) electrons. The molecule has 98 valence electrons. The van der Waals surface area contributed by atoms with Gasteiger partial charge in [0, 0.05) is 31.0 Å². The highest BCUT2D eigenvalue weighted by Crippen LogP contribution is 2.22. The van der Waals surface area contributed by atoms with E-state index in [-0.39, 0.29) is 5.91 Å². The van der Waals surface area contributed by atoms with Crippen LogP contribution in [-0.4, -0.2) is 30.4 Å². The van der Waals surface area contributed by atoms with Crippen LogP contribution >= 0.6 is 0 Å². The monoisotopic (exact) mass is 247 g/mol. The lowest BCUT2D eigenvalue weighted by molar-refractivity contribution is 0.0794. The van der Waals surface area contributed by atoms with E-state index in [1.807, 2.05) is 17.0 Å². The van der Waals surface area contributed by atoms with Gasteiger partial charge in [-0.2, -0.15) is 0 Å². The van der Waals surface area contributed by atoms with Crippen LogP contribution in [0.4, 0.5) is 11.4 Å². The number of nitrogens with two attached hydrogens (primary N) is 1. The van der Waals surface area contributed by atoms with E-state index in [0.29, 0.717) is 11.3 Å². The summed E-state index contributed by atoms with van der Waals surface area (Å²) in [7, 11) is 0. The summed E-state index contributed by atoms with van der Waals surface area (Å²) in [5.41, 5.74) is 8.02. The van der Waals surface area contributed by atoms with Crippen LogP contribution < -0.4 is 11.1 Å². The molecule has 1 aliphatic heterocycles. The predicted molar refractivity (Wildman–Crippen MR) is 74.8 cm³/mol. The second-order valence-electron chi connectivity index (χ2n) is 4.73. The minimum Gasteiger partial charge on any atom is -0.399 e. The Labute approximate surface area is 108 Å². The summed E-state index contributed by atoms with van der Waals surface area (Å²) in [6, 6.07) is 5.51. The van der Waals surface area contributed by atoms with Crippen LogP contribution in [0.1, 0.15) is 36.5 Å². The number of hydrogen-bond acceptors (Lipinski definition) is 3. The number of rotatable bonds is 4. The zero-order chi connectivity index (χ0) is 13.0. The third kappa shape index (κ3) is 2.75. The third-order valence-corrected chi connectivity index (χ3v) is 3.23. The van der Waals surface area contributed by atoms with Crippen molar-refractivity contribution in [3.05, 3.63) is 23.8 Å². The van der Waals surface area contributed by atoms with Crippen molar-refractivity contribution in [3.8, 4) is 0 Å². The first-order valence-electron chi connectivity index (χ1n) is 6.65. The molecule has 4 nitrogen and oxygen atoms in total. The fourth-order valence-electron chi connectivity index (χ4n) is 2.24. The molecular weight excluding hydrogens is 226 g/mol. The van der Waals surface area contributed by atoms with Gasteiger partial charge >= 0.3 is 0 Å². The second-order valence-corrected chi connectivity index (χ2v) is 4.73. The van der Waals surface area contributed by atoms with Gasteiger partial charge in [0.25, 0.3) is 5.91 Å². The van der Waals surface area contributed by atoms with Gasteiger partial charge in [-0.25, -0.2) is 0 Å². The SMILES string of the molecule is CCCNc1ccc(N)cc1C(=O)N1CCCC1. The first-order chi connectivity index (χ1) is 8.72. The van der Waals surface area contributed by atoms with Crippen LogP contribution in [0.2, 0.25) is 0 Å². The van der Waals surface area contributed by atoms with Gasteiger partial charge in [-0.15, -0.1) is 0 Å². The second kappa shape index (κ2) is 5.76. The summed E-state index contributed by atoms with van der Waals surface area (Å²) in [6.07, 6.45) is 3.24. The zero-order valence-corrected chi connectivity index (χ0v) is 10.9. The Kier molecular flexibility index (Phi) is 4.07. The number of amides is 1. The number of carbonyl (C=O) groups excluding carboxylic acids is 1.